The number of nitrogens with zero attached hydrogens (tertiary/aromatic N) is 1. The number of thiophene rings is 1. The maximum absolute atomic E-state index is 12.9. The van der Waals surface area contributed by atoms with Crippen molar-refractivity contribution < 1.29 is 28.8 Å². The van der Waals surface area contributed by atoms with Gasteiger partial charge in [-0.2, -0.15) is 0 Å². The van der Waals surface area contributed by atoms with Gasteiger partial charge >= 0.3 is 5.97 Å². The molecule has 0 atom stereocenters. The number of rotatable bonds is 9. The molecule has 2 amide bonds. The third kappa shape index (κ3) is 6.55. The van der Waals surface area contributed by atoms with Crippen LogP contribution in [0.3, 0.4) is 0 Å². The second-order valence-electron chi connectivity index (χ2n) is 7.03. The Labute approximate surface area is 209 Å². The Balaban J connectivity index is 1.81. The van der Waals surface area contributed by atoms with E-state index in [0.29, 0.717) is 16.3 Å². The average Bonchev–Trinajstić information content (AvgIpc) is 3.14. The van der Waals surface area contributed by atoms with Gasteiger partial charge in [0.05, 0.1) is 22.0 Å². The molecule has 0 saturated carbocycles. The molecule has 12 heteroatoms. The number of carbonyl (C=O) groups excluding carboxylic acids is 3. The molecule has 2 N–H and O–H groups in total. The van der Waals surface area contributed by atoms with Gasteiger partial charge in [0.25, 0.3) is 17.5 Å². The first-order chi connectivity index (χ1) is 16.7. The van der Waals surface area contributed by atoms with Crippen LogP contribution in [0.2, 0.25) is 5.02 Å². The number of benzene rings is 2. The number of esters is 1. The number of nitro groups is 1. The van der Waals surface area contributed by atoms with Gasteiger partial charge in [-0.3, -0.25) is 19.7 Å². The molecule has 3 aromatic rings. The molecule has 35 heavy (non-hydrogen) atoms. The van der Waals surface area contributed by atoms with Crippen LogP contribution in [0.5, 0.6) is 5.75 Å². The minimum absolute atomic E-state index is 0.0425. The summed E-state index contributed by atoms with van der Waals surface area (Å²) in [5.74, 6) is -1.44. The highest BCUT2D eigenvalue weighted by Gasteiger charge is 2.27. The van der Waals surface area contributed by atoms with Crippen molar-refractivity contribution in [1.82, 2.24) is 0 Å². The lowest BCUT2D eigenvalue weighted by Gasteiger charge is -2.08. The fraction of sp³-hybridized carbons (Fsp3) is 0.174. The maximum atomic E-state index is 12.9. The Bertz CT molecular complexity index is 1270. The van der Waals surface area contributed by atoms with Gasteiger partial charge in [-0.1, -0.05) is 17.7 Å². The Morgan fingerprint density at radius 2 is 1.83 bits per heavy atom. The monoisotopic (exact) mass is 517 g/mol. The third-order valence-corrected chi connectivity index (χ3v) is 6.04. The van der Waals surface area contributed by atoms with E-state index in [1.165, 1.54) is 24.3 Å². The highest BCUT2D eigenvalue weighted by atomic mass is 35.5. The van der Waals surface area contributed by atoms with Gasteiger partial charge in [-0.15, -0.1) is 11.3 Å². The fourth-order valence-electron chi connectivity index (χ4n) is 2.99. The molecule has 0 unspecified atom stereocenters. The summed E-state index contributed by atoms with van der Waals surface area (Å²) in [6, 6.07) is 11.9. The number of nitro benzene ring substituents is 1. The molecule has 3 rings (SSSR count). The van der Waals surface area contributed by atoms with Gasteiger partial charge in [-0.05, 0) is 49.7 Å². The smallest absolute Gasteiger partial charge is 0.341 e. The van der Waals surface area contributed by atoms with Gasteiger partial charge in [0.15, 0.2) is 6.61 Å². The molecule has 182 valence electrons. The number of hydrogen-bond donors (Lipinski definition) is 2. The molecule has 0 bridgehead atoms. The Morgan fingerprint density at radius 3 is 2.49 bits per heavy atom. The molecule has 1 aromatic heterocycles. The molecule has 2 aromatic carbocycles. The summed E-state index contributed by atoms with van der Waals surface area (Å²) in [5, 5.41) is 16.8. The number of carbonyl (C=O) groups is 3. The average molecular weight is 518 g/mol. The van der Waals surface area contributed by atoms with Gasteiger partial charge in [0.2, 0.25) is 0 Å². The van der Waals surface area contributed by atoms with Crippen LogP contribution in [-0.2, 0) is 9.53 Å². The topological polar surface area (TPSA) is 137 Å². The van der Waals surface area contributed by atoms with Crippen molar-refractivity contribution in [1.29, 1.82) is 0 Å². The van der Waals surface area contributed by atoms with Gasteiger partial charge < -0.3 is 20.1 Å². The molecule has 1 heterocycles. The van der Waals surface area contributed by atoms with Crippen molar-refractivity contribution in [3.63, 3.8) is 0 Å². The van der Waals surface area contributed by atoms with E-state index in [4.69, 9.17) is 21.1 Å². The predicted octanol–water partition coefficient (Wildman–Crippen LogP) is 5.06. The molecular weight excluding hydrogens is 498 g/mol. The zero-order valence-corrected chi connectivity index (χ0v) is 20.2. The zero-order chi connectivity index (χ0) is 25.5. The van der Waals surface area contributed by atoms with Crippen LogP contribution in [0.25, 0.3) is 0 Å². The first-order valence-corrected chi connectivity index (χ1v) is 11.4. The van der Waals surface area contributed by atoms with Crippen LogP contribution >= 0.6 is 22.9 Å². The minimum atomic E-state index is -0.704. The summed E-state index contributed by atoms with van der Waals surface area (Å²) in [5.41, 5.74) is 0.356. The number of anilines is 2. The van der Waals surface area contributed by atoms with Gasteiger partial charge in [0, 0.05) is 22.8 Å². The number of non-ortho nitro benzene ring substituents is 1. The Hall–Kier alpha value is -3.96. The van der Waals surface area contributed by atoms with E-state index in [-0.39, 0.29) is 40.0 Å². The summed E-state index contributed by atoms with van der Waals surface area (Å²) in [6.07, 6.45) is 0. The van der Waals surface area contributed by atoms with Crippen LogP contribution < -0.4 is 15.4 Å². The summed E-state index contributed by atoms with van der Waals surface area (Å²) in [7, 11) is 0. The Kier molecular flexibility index (Phi) is 8.39. The summed E-state index contributed by atoms with van der Waals surface area (Å²) in [4.78, 5) is 48.5. The lowest BCUT2D eigenvalue weighted by Crippen LogP contribution is -2.21. The number of hydrogen-bond acceptors (Lipinski definition) is 8. The van der Waals surface area contributed by atoms with E-state index >= 15 is 0 Å². The quantitative estimate of drug-likeness (QED) is 0.230. The first-order valence-electron chi connectivity index (χ1n) is 10.2. The maximum Gasteiger partial charge on any atom is 0.341 e. The van der Waals surface area contributed by atoms with E-state index in [2.05, 4.69) is 10.6 Å². The van der Waals surface area contributed by atoms with Crippen molar-refractivity contribution in [2.24, 2.45) is 0 Å². The fourth-order valence-corrected chi connectivity index (χ4v) is 4.23. The second-order valence-corrected chi connectivity index (χ2v) is 8.49. The van der Waals surface area contributed by atoms with Crippen molar-refractivity contribution in [2.45, 2.75) is 13.8 Å². The van der Waals surface area contributed by atoms with Crippen molar-refractivity contribution >= 4 is 57.1 Å². The zero-order valence-electron chi connectivity index (χ0n) is 18.6. The molecule has 0 fully saturated rings. The first kappa shape index (κ1) is 25.7. The van der Waals surface area contributed by atoms with E-state index in [0.717, 1.165) is 11.3 Å². The molecule has 0 spiro atoms. The highest BCUT2D eigenvalue weighted by Crippen LogP contribution is 2.34. The standard InChI is InChI=1S/C23H20ClN3O7S/c1-3-33-23(30)19-13(2)20(21(29)25-15-5-4-6-16(11-15)27(31)32)35-22(19)26-18(28)12-34-17-9-7-14(24)8-10-17/h4-11H,3,12H2,1-2H3,(H,25,29)(H,26,28). The van der Waals surface area contributed by atoms with Crippen LogP contribution in [-0.4, -0.2) is 35.9 Å². The van der Waals surface area contributed by atoms with Crippen LogP contribution in [0.1, 0.15) is 32.5 Å². The highest BCUT2D eigenvalue weighted by molar-refractivity contribution is 7.19. The lowest BCUT2D eigenvalue weighted by atomic mass is 10.1. The molecule has 0 aliphatic carbocycles. The number of nitrogens with one attached hydrogen (secondary N) is 2. The van der Waals surface area contributed by atoms with E-state index in [9.17, 15) is 24.5 Å². The van der Waals surface area contributed by atoms with Crippen molar-refractivity contribution in [3.05, 3.63) is 79.7 Å². The summed E-state index contributed by atoms with van der Waals surface area (Å²) < 4.78 is 10.5. The van der Waals surface area contributed by atoms with Gasteiger partial charge in [0.1, 0.15) is 10.8 Å². The molecule has 0 aliphatic heterocycles. The normalized spacial score (nSPS) is 10.4. The summed E-state index contributed by atoms with van der Waals surface area (Å²) in [6.45, 7) is 2.92. The van der Waals surface area contributed by atoms with Gasteiger partial charge in [-0.25, -0.2) is 4.79 Å². The molecule has 0 radical (unpaired) electrons. The third-order valence-electron chi connectivity index (χ3n) is 4.58. The van der Waals surface area contributed by atoms with E-state index < -0.39 is 22.7 Å². The number of ether oxygens (including phenoxy) is 2. The van der Waals surface area contributed by atoms with Crippen LogP contribution in [0, 0.1) is 17.0 Å². The lowest BCUT2D eigenvalue weighted by molar-refractivity contribution is -0.384. The van der Waals surface area contributed by atoms with E-state index in [1.54, 1.807) is 38.1 Å². The molecule has 10 nitrogen and oxygen atoms in total. The Morgan fingerprint density at radius 1 is 1.11 bits per heavy atom. The SMILES string of the molecule is CCOC(=O)c1c(NC(=O)COc2ccc(Cl)cc2)sc(C(=O)Nc2cccc([N+](=O)[O-])c2)c1C. The molecule has 0 saturated heterocycles. The van der Waals surface area contributed by atoms with Crippen molar-refractivity contribution in [3.8, 4) is 5.75 Å². The predicted molar refractivity (Wildman–Crippen MR) is 132 cm³/mol. The minimum Gasteiger partial charge on any atom is -0.484 e. The summed E-state index contributed by atoms with van der Waals surface area (Å²) >= 11 is 6.71. The van der Waals surface area contributed by atoms with Crippen LogP contribution in [0.4, 0.5) is 16.4 Å². The van der Waals surface area contributed by atoms with E-state index in [1.807, 2.05) is 0 Å². The molecule has 0 aliphatic rings. The van der Waals surface area contributed by atoms with Crippen LogP contribution in [0.15, 0.2) is 48.5 Å². The second kappa shape index (κ2) is 11.4. The largest absolute Gasteiger partial charge is 0.484 e. The van der Waals surface area contributed by atoms with Crippen molar-refractivity contribution in [2.75, 3.05) is 23.8 Å². The number of halogens is 1. The molecular formula is C23H20ClN3O7S. The number of amides is 2.